The van der Waals surface area contributed by atoms with Gasteiger partial charge < -0.3 is 5.32 Å². The summed E-state index contributed by atoms with van der Waals surface area (Å²) in [6, 6.07) is 0.847. The molecule has 14 heavy (non-hydrogen) atoms. The summed E-state index contributed by atoms with van der Waals surface area (Å²) >= 11 is 0. The molecule has 0 aromatic rings. The molecular weight excluding hydrogens is 170 g/mol. The third-order valence-corrected chi connectivity index (χ3v) is 4.27. The summed E-state index contributed by atoms with van der Waals surface area (Å²) in [5.41, 5.74) is 0.558. The highest BCUT2D eigenvalue weighted by atomic mass is 15.0. The SMILES string of the molecule is CCCC(NC1(CC)CCC1)C1CC1. The van der Waals surface area contributed by atoms with Gasteiger partial charge in [-0.15, -0.1) is 0 Å². The summed E-state index contributed by atoms with van der Waals surface area (Å²) in [5, 5.41) is 3.98. The summed E-state index contributed by atoms with van der Waals surface area (Å²) in [4.78, 5) is 0. The second-order valence-electron chi connectivity index (χ2n) is 5.36. The monoisotopic (exact) mass is 195 g/mol. The third kappa shape index (κ3) is 2.13. The molecule has 2 saturated carbocycles. The second kappa shape index (κ2) is 4.22. The predicted octanol–water partition coefficient (Wildman–Crippen LogP) is 3.49. The van der Waals surface area contributed by atoms with Crippen molar-refractivity contribution in [2.45, 2.75) is 76.8 Å². The van der Waals surface area contributed by atoms with Crippen LogP contribution in [0, 0.1) is 5.92 Å². The Morgan fingerprint density at radius 3 is 2.36 bits per heavy atom. The summed E-state index contributed by atoms with van der Waals surface area (Å²) in [6.45, 7) is 4.67. The van der Waals surface area contributed by atoms with Crippen molar-refractivity contribution < 1.29 is 0 Å². The molecule has 0 bridgehead atoms. The van der Waals surface area contributed by atoms with Crippen LogP contribution >= 0.6 is 0 Å². The van der Waals surface area contributed by atoms with Crippen LogP contribution in [0.25, 0.3) is 0 Å². The highest BCUT2D eigenvalue weighted by Crippen LogP contribution is 2.40. The minimum atomic E-state index is 0.558. The van der Waals surface area contributed by atoms with Gasteiger partial charge in [0.15, 0.2) is 0 Å². The van der Waals surface area contributed by atoms with E-state index < -0.39 is 0 Å². The van der Waals surface area contributed by atoms with E-state index in [4.69, 9.17) is 0 Å². The van der Waals surface area contributed by atoms with Gasteiger partial charge in [-0.05, 0) is 50.9 Å². The minimum Gasteiger partial charge on any atom is -0.308 e. The Bertz CT molecular complexity index is 174. The van der Waals surface area contributed by atoms with Crippen LogP contribution in [-0.2, 0) is 0 Å². The van der Waals surface area contributed by atoms with E-state index in [2.05, 4.69) is 19.2 Å². The molecule has 0 heterocycles. The van der Waals surface area contributed by atoms with Gasteiger partial charge in [0.1, 0.15) is 0 Å². The van der Waals surface area contributed by atoms with E-state index in [9.17, 15) is 0 Å². The molecule has 2 fully saturated rings. The van der Waals surface area contributed by atoms with Crippen LogP contribution in [-0.4, -0.2) is 11.6 Å². The molecule has 2 aliphatic rings. The lowest BCUT2D eigenvalue weighted by molar-refractivity contribution is 0.146. The molecule has 2 aliphatic carbocycles. The fraction of sp³-hybridized carbons (Fsp3) is 1.00. The van der Waals surface area contributed by atoms with Gasteiger partial charge in [0.05, 0.1) is 0 Å². The smallest absolute Gasteiger partial charge is 0.0181 e. The van der Waals surface area contributed by atoms with Crippen LogP contribution < -0.4 is 5.32 Å². The van der Waals surface area contributed by atoms with Crippen LogP contribution in [0.4, 0.5) is 0 Å². The standard InChI is InChI=1S/C13H25N/c1-3-6-12(11-7-8-11)14-13(4-2)9-5-10-13/h11-12,14H,3-10H2,1-2H3. The van der Waals surface area contributed by atoms with Crippen molar-refractivity contribution in [2.75, 3.05) is 0 Å². The lowest BCUT2D eigenvalue weighted by atomic mass is 9.74. The molecule has 1 nitrogen and oxygen atoms in total. The number of hydrogen-bond acceptors (Lipinski definition) is 1. The molecule has 0 spiro atoms. The van der Waals surface area contributed by atoms with Gasteiger partial charge in [-0.3, -0.25) is 0 Å². The average Bonchev–Trinajstić information content (AvgIpc) is 2.92. The predicted molar refractivity (Wildman–Crippen MR) is 61.4 cm³/mol. The largest absolute Gasteiger partial charge is 0.308 e. The minimum absolute atomic E-state index is 0.558. The first kappa shape index (κ1) is 10.5. The van der Waals surface area contributed by atoms with E-state index in [1.54, 1.807) is 0 Å². The number of nitrogens with one attached hydrogen (secondary N) is 1. The van der Waals surface area contributed by atoms with Gasteiger partial charge in [0.2, 0.25) is 0 Å². The average molecular weight is 195 g/mol. The van der Waals surface area contributed by atoms with E-state index in [0.717, 1.165) is 12.0 Å². The van der Waals surface area contributed by atoms with Gasteiger partial charge in [-0.25, -0.2) is 0 Å². The first-order chi connectivity index (χ1) is 6.79. The topological polar surface area (TPSA) is 12.0 Å². The molecule has 0 aromatic heterocycles. The van der Waals surface area contributed by atoms with Crippen molar-refractivity contribution in [1.82, 2.24) is 5.32 Å². The van der Waals surface area contributed by atoms with Gasteiger partial charge in [-0.2, -0.15) is 0 Å². The van der Waals surface area contributed by atoms with Gasteiger partial charge >= 0.3 is 0 Å². The molecule has 0 radical (unpaired) electrons. The molecule has 1 heteroatoms. The quantitative estimate of drug-likeness (QED) is 0.684. The Morgan fingerprint density at radius 1 is 1.29 bits per heavy atom. The van der Waals surface area contributed by atoms with E-state index in [1.165, 1.54) is 51.4 Å². The Hall–Kier alpha value is -0.0400. The highest BCUT2D eigenvalue weighted by Gasteiger charge is 2.40. The lowest BCUT2D eigenvalue weighted by Gasteiger charge is -2.45. The van der Waals surface area contributed by atoms with Crippen molar-refractivity contribution >= 4 is 0 Å². The third-order valence-electron chi connectivity index (χ3n) is 4.27. The van der Waals surface area contributed by atoms with Crippen LogP contribution in [0.5, 0.6) is 0 Å². The van der Waals surface area contributed by atoms with Gasteiger partial charge in [0.25, 0.3) is 0 Å². The van der Waals surface area contributed by atoms with E-state index in [0.29, 0.717) is 5.54 Å². The Morgan fingerprint density at radius 2 is 2.00 bits per heavy atom. The maximum Gasteiger partial charge on any atom is 0.0181 e. The van der Waals surface area contributed by atoms with Crippen molar-refractivity contribution in [2.24, 2.45) is 5.92 Å². The fourth-order valence-corrected chi connectivity index (χ4v) is 2.83. The Kier molecular flexibility index (Phi) is 3.16. The zero-order chi connectivity index (χ0) is 10.0. The van der Waals surface area contributed by atoms with Crippen molar-refractivity contribution in [1.29, 1.82) is 0 Å². The maximum atomic E-state index is 3.98. The highest BCUT2D eigenvalue weighted by molar-refractivity contribution is 4.99. The molecule has 2 rings (SSSR count). The van der Waals surface area contributed by atoms with Crippen molar-refractivity contribution in [3.05, 3.63) is 0 Å². The first-order valence-electron chi connectivity index (χ1n) is 6.57. The molecule has 0 aliphatic heterocycles. The zero-order valence-corrected chi connectivity index (χ0v) is 9.81. The molecule has 1 N–H and O–H groups in total. The second-order valence-corrected chi connectivity index (χ2v) is 5.36. The molecule has 1 atom stereocenters. The van der Waals surface area contributed by atoms with Gasteiger partial charge in [0, 0.05) is 11.6 Å². The summed E-state index contributed by atoms with van der Waals surface area (Å²) in [6.07, 6.45) is 11.3. The van der Waals surface area contributed by atoms with E-state index in [1.807, 2.05) is 0 Å². The maximum absolute atomic E-state index is 3.98. The van der Waals surface area contributed by atoms with Crippen LogP contribution in [0.2, 0.25) is 0 Å². The van der Waals surface area contributed by atoms with Crippen molar-refractivity contribution in [3.8, 4) is 0 Å². The lowest BCUT2D eigenvalue weighted by Crippen LogP contribution is -2.55. The Labute approximate surface area is 88.7 Å². The molecule has 82 valence electrons. The van der Waals surface area contributed by atoms with Gasteiger partial charge in [-0.1, -0.05) is 20.3 Å². The number of rotatable bonds is 6. The van der Waals surface area contributed by atoms with Crippen LogP contribution in [0.15, 0.2) is 0 Å². The fourth-order valence-electron chi connectivity index (χ4n) is 2.83. The summed E-state index contributed by atoms with van der Waals surface area (Å²) in [5.74, 6) is 1.03. The zero-order valence-electron chi connectivity index (χ0n) is 9.81. The van der Waals surface area contributed by atoms with Crippen LogP contribution in [0.1, 0.15) is 65.2 Å². The number of hydrogen-bond donors (Lipinski definition) is 1. The molecule has 1 unspecified atom stereocenters. The van der Waals surface area contributed by atoms with E-state index in [-0.39, 0.29) is 0 Å². The van der Waals surface area contributed by atoms with Crippen LogP contribution in [0.3, 0.4) is 0 Å². The Balaban J connectivity index is 1.85. The molecule has 0 amide bonds. The molecule has 0 aromatic carbocycles. The summed E-state index contributed by atoms with van der Waals surface area (Å²) < 4.78 is 0. The normalized spacial score (nSPS) is 27.0. The van der Waals surface area contributed by atoms with Crippen molar-refractivity contribution in [3.63, 3.8) is 0 Å². The molecular formula is C13H25N. The molecule has 0 saturated heterocycles. The first-order valence-corrected chi connectivity index (χ1v) is 6.57. The van der Waals surface area contributed by atoms with E-state index >= 15 is 0 Å². The summed E-state index contributed by atoms with van der Waals surface area (Å²) in [7, 11) is 0.